The Balaban J connectivity index is 2.13. The average molecular weight is 232 g/mol. The first-order chi connectivity index (χ1) is 8.31. The van der Waals surface area contributed by atoms with E-state index in [1.165, 1.54) is 6.07 Å². The molecule has 1 aromatic heterocycles. The highest BCUT2D eigenvalue weighted by atomic mass is 19.1. The first kappa shape index (κ1) is 11.6. The summed E-state index contributed by atoms with van der Waals surface area (Å²) in [5.41, 5.74) is 0.502. The molecule has 1 aromatic carbocycles. The molecular weight excluding hydrogens is 217 g/mol. The summed E-state index contributed by atoms with van der Waals surface area (Å²) in [5, 5.41) is 2.07. The van der Waals surface area contributed by atoms with Crippen LogP contribution in [0, 0.1) is 5.82 Å². The van der Waals surface area contributed by atoms with Crippen molar-refractivity contribution < 1.29 is 14.1 Å². The van der Waals surface area contributed by atoms with Gasteiger partial charge in [0.05, 0.1) is 12.1 Å². The normalized spacial score (nSPS) is 10.4. The Kier molecular flexibility index (Phi) is 3.73. The molecule has 0 saturated heterocycles. The van der Waals surface area contributed by atoms with E-state index in [4.69, 9.17) is 4.42 Å². The summed E-state index contributed by atoms with van der Waals surface area (Å²) in [6, 6.07) is 10.3. The zero-order valence-corrected chi connectivity index (χ0v) is 9.53. The van der Waals surface area contributed by atoms with E-state index in [1.54, 1.807) is 24.3 Å². The van der Waals surface area contributed by atoms with Gasteiger partial charge in [-0.25, -0.2) is 4.39 Å². The molecule has 17 heavy (non-hydrogen) atoms. The van der Waals surface area contributed by atoms with Crippen molar-refractivity contribution in [3.05, 3.63) is 60.6 Å². The molecule has 0 aliphatic heterocycles. The Bertz CT molecular complexity index is 504. The van der Waals surface area contributed by atoms with Crippen LogP contribution in [0.2, 0.25) is 0 Å². The SMILES string of the molecule is C=CC[NH2+]Cc1ccc(-c2ccccc2F)o1. The lowest BCUT2D eigenvalue weighted by Crippen LogP contribution is -2.82. The molecule has 0 radical (unpaired) electrons. The van der Waals surface area contributed by atoms with Crippen LogP contribution in [0.15, 0.2) is 53.5 Å². The number of furan rings is 1. The molecule has 0 bridgehead atoms. The number of rotatable bonds is 5. The highest BCUT2D eigenvalue weighted by molar-refractivity contribution is 5.58. The van der Waals surface area contributed by atoms with Crippen molar-refractivity contribution in [2.45, 2.75) is 6.54 Å². The van der Waals surface area contributed by atoms with E-state index in [9.17, 15) is 4.39 Å². The van der Waals surface area contributed by atoms with Gasteiger partial charge in [0, 0.05) is 0 Å². The van der Waals surface area contributed by atoms with Crippen LogP contribution >= 0.6 is 0 Å². The Hall–Kier alpha value is -1.87. The molecule has 0 unspecified atom stereocenters. The van der Waals surface area contributed by atoms with Crippen molar-refractivity contribution in [2.75, 3.05) is 6.54 Å². The highest BCUT2D eigenvalue weighted by Crippen LogP contribution is 2.24. The van der Waals surface area contributed by atoms with Crippen LogP contribution in [0.1, 0.15) is 5.76 Å². The minimum atomic E-state index is -0.261. The monoisotopic (exact) mass is 232 g/mol. The van der Waals surface area contributed by atoms with Crippen molar-refractivity contribution in [3.63, 3.8) is 0 Å². The van der Waals surface area contributed by atoms with Gasteiger partial charge in [0.15, 0.2) is 5.76 Å². The van der Waals surface area contributed by atoms with Gasteiger partial charge < -0.3 is 9.73 Å². The number of hydrogen-bond acceptors (Lipinski definition) is 1. The number of nitrogens with two attached hydrogens (primary N) is 1. The van der Waals surface area contributed by atoms with Gasteiger partial charge in [0.2, 0.25) is 0 Å². The van der Waals surface area contributed by atoms with Crippen molar-refractivity contribution in [1.29, 1.82) is 0 Å². The molecule has 0 aliphatic rings. The van der Waals surface area contributed by atoms with E-state index < -0.39 is 0 Å². The van der Waals surface area contributed by atoms with Gasteiger partial charge >= 0.3 is 0 Å². The first-order valence-electron chi connectivity index (χ1n) is 5.57. The summed E-state index contributed by atoms with van der Waals surface area (Å²) in [5.74, 6) is 1.15. The van der Waals surface area contributed by atoms with Crippen LogP contribution in [0.3, 0.4) is 0 Å². The minimum absolute atomic E-state index is 0.261. The molecule has 2 nitrogen and oxygen atoms in total. The molecule has 2 N–H and O–H groups in total. The molecule has 0 aliphatic carbocycles. The van der Waals surface area contributed by atoms with Crippen LogP contribution < -0.4 is 5.32 Å². The van der Waals surface area contributed by atoms with Crippen LogP contribution in [-0.2, 0) is 6.54 Å². The van der Waals surface area contributed by atoms with Gasteiger partial charge in [-0.15, -0.1) is 0 Å². The summed E-state index contributed by atoms with van der Waals surface area (Å²) in [6.45, 7) is 5.22. The van der Waals surface area contributed by atoms with E-state index in [-0.39, 0.29) is 5.82 Å². The minimum Gasteiger partial charge on any atom is -0.455 e. The quantitative estimate of drug-likeness (QED) is 0.622. The fraction of sp³-hybridized carbons (Fsp3) is 0.143. The molecule has 0 atom stereocenters. The second-order valence-electron chi connectivity index (χ2n) is 3.76. The number of benzene rings is 1. The highest BCUT2D eigenvalue weighted by Gasteiger charge is 2.09. The zero-order valence-electron chi connectivity index (χ0n) is 9.53. The smallest absolute Gasteiger partial charge is 0.158 e. The Morgan fingerprint density at radius 1 is 1.24 bits per heavy atom. The lowest BCUT2D eigenvalue weighted by atomic mass is 10.1. The Morgan fingerprint density at radius 3 is 2.82 bits per heavy atom. The number of hydrogen-bond donors (Lipinski definition) is 1. The predicted octanol–water partition coefficient (Wildman–Crippen LogP) is 2.34. The number of halogens is 1. The fourth-order valence-electron chi connectivity index (χ4n) is 1.64. The van der Waals surface area contributed by atoms with Crippen molar-refractivity contribution >= 4 is 0 Å². The third-order valence-corrected chi connectivity index (χ3v) is 2.48. The van der Waals surface area contributed by atoms with Crippen LogP contribution in [0.5, 0.6) is 0 Å². The zero-order chi connectivity index (χ0) is 12.1. The van der Waals surface area contributed by atoms with E-state index in [0.717, 1.165) is 18.8 Å². The number of quaternary nitrogens is 1. The third-order valence-electron chi connectivity index (χ3n) is 2.48. The largest absolute Gasteiger partial charge is 0.455 e. The first-order valence-corrected chi connectivity index (χ1v) is 5.57. The molecule has 2 aromatic rings. The van der Waals surface area contributed by atoms with Gasteiger partial charge in [-0.05, 0) is 30.3 Å². The van der Waals surface area contributed by atoms with Crippen LogP contribution in [-0.4, -0.2) is 6.54 Å². The topological polar surface area (TPSA) is 29.8 Å². The summed E-state index contributed by atoms with van der Waals surface area (Å²) in [4.78, 5) is 0. The molecule has 3 heteroatoms. The van der Waals surface area contributed by atoms with Gasteiger partial charge in [-0.1, -0.05) is 18.7 Å². The van der Waals surface area contributed by atoms with E-state index in [2.05, 4.69) is 11.9 Å². The maximum absolute atomic E-state index is 13.5. The Labute approximate surface area is 99.8 Å². The van der Waals surface area contributed by atoms with Gasteiger partial charge in [-0.2, -0.15) is 0 Å². The van der Waals surface area contributed by atoms with Crippen molar-refractivity contribution in [1.82, 2.24) is 0 Å². The Morgan fingerprint density at radius 2 is 2.06 bits per heavy atom. The molecule has 0 amide bonds. The van der Waals surface area contributed by atoms with E-state index in [0.29, 0.717) is 11.3 Å². The molecular formula is C14H15FNO+. The lowest BCUT2D eigenvalue weighted by Gasteiger charge is -1.98. The molecule has 2 rings (SSSR count). The summed E-state index contributed by atoms with van der Waals surface area (Å²) in [6.07, 6.45) is 1.83. The van der Waals surface area contributed by atoms with Gasteiger partial charge in [0.25, 0.3) is 0 Å². The van der Waals surface area contributed by atoms with Crippen molar-refractivity contribution in [2.24, 2.45) is 0 Å². The van der Waals surface area contributed by atoms with Gasteiger partial charge in [0.1, 0.15) is 18.1 Å². The fourth-order valence-corrected chi connectivity index (χ4v) is 1.64. The summed E-state index contributed by atoms with van der Waals surface area (Å²) >= 11 is 0. The molecule has 88 valence electrons. The molecule has 0 fully saturated rings. The van der Waals surface area contributed by atoms with Crippen LogP contribution in [0.25, 0.3) is 11.3 Å². The average Bonchev–Trinajstić information content (AvgIpc) is 2.79. The van der Waals surface area contributed by atoms with Gasteiger partial charge in [-0.3, -0.25) is 0 Å². The van der Waals surface area contributed by atoms with E-state index in [1.807, 2.05) is 12.1 Å². The van der Waals surface area contributed by atoms with Crippen molar-refractivity contribution in [3.8, 4) is 11.3 Å². The second kappa shape index (κ2) is 5.46. The second-order valence-corrected chi connectivity index (χ2v) is 3.76. The maximum atomic E-state index is 13.5. The molecule has 0 saturated carbocycles. The summed E-state index contributed by atoms with van der Waals surface area (Å²) < 4.78 is 19.1. The van der Waals surface area contributed by atoms with Crippen LogP contribution in [0.4, 0.5) is 4.39 Å². The predicted molar refractivity (Wildman–Crippen MR) is 64.8 cm³/mol. The summed E-state index contributed by atoms with van der Waals surface area (Å²) in [7, 11) is 0. The molecule has 0 spiro atoms. The molecule has 1 heterocycles. The van der Waals surface area contributed by atoms with E-state index >= 15 is 0 Å². The lowest BCUT2D eigenvalue weighted by molar-refractivity contribution is -0.663. The third kappa shape index (κ3) is 2.82. The maximum Gasteiger partial charge on any atom is 0.158 e. The standard InChI is InChI=1S/C14H14FNO/c1-2-9-16-10-11-7-8-14(17-11)12-5-3-4-6-13(12)15/h2-8,16H,1,9-10H2/p+1.